The van der Waals surface area contributed by atoms with Crippen molar-refractivity contribution in [3.8, 4) is 11.8 Å². The zero-order valence-corrected chi connectivity index (χ0v) is 8.36. The highest BCUT2D eigenvalue weighted by atomic mass is 16.5. The van der Waals surface area contributed by atoms with E-state index in [2.05, 4.69) is 11.8 Å². The molecule has 0 fully saturated rings. The summed E-state index contributed by atoms with van der Waals surface area (Å²) in [5, 5.41) is 0. The molecule has 0 unspecified atom stereocenters. The lowest BCUT2D eigenvalue weighted by Gasteiger charge is -1.91. The molecule has 0 radical (unpaired) electrons. The molecule has 0 atom stereocenters. The van der Waals surface area contributed by atoms with Crippen molar-refractivity contribution in [1.82, 2.24) is 0 Å². The summed E-state index contributed by atoms with van der Waals surface area (Å²) in [6.45, 7) is 3.10. The molecule has 0 aliphatic carbocycles. The van der Waals surface area contributed by atoms with Gasteiger partial charge in [-0.2, -0.15) is 0 Å². The van der Waals surface area contributed by atoms with Crippen LogP contribution in [0.25, 0.3) is 0 Å². The van der Waals surface area contributed by atoms with Crippen molar-refractivity contribution < 1.29 is 4.74 Å². The second-order valence-corrected chi connectivity index (χ2v) is 2.75. The van der Waals surface area contributed by atoms with Gasteiger partial charge in [-0.25, -0.2) is 0 Å². The van der Waals surface area contributed by atoms with Crippen LogP contribution in [-0.2, 0) is 4.74 Å². The number of benzene rings is 1. The van der Waals surface area contributed by atoms with E-state index in [9.17, 15) is 0 Å². The van der Waals surface area contributed by atoms with E-state index in [-0.39, 0.29) is 0 Å². The summed E-state index contributed by atoms with van der Waals surface area (Å²) in [5.41, 5.74) is 1.03. The van der Waals surface area contributed by atoms with Gasteiger partial charge in [0.25, 0.3) is 0 Å². The lowest BCUT2D eigenvalue weighted by atomic mass is 10.2. The maximum Gasteiger partial charge on any atom is 0.108 e. The smallest absolute Gasteiger partial charge is 0.108 e. The molecular weight excluding hydrogens is 172 g/mol. The van der Waals surface area contributed by atoms with E-state index in [1.165, 1.54) is 0 Å². The molecule has 0 N–H and O–H groups in total. The molecule has 0 bridgehead atoms. The van der Waals surface area contributed by atoms with Gasteiger partial charge in [0, 0.05) is 5.56 Å². The number of ether oxygens (including phenoxy) is 1. The first kappa shape index (κ1) is 10.6. The Kier molecular flexibility index (Phi) is 5.23. The van der Waals surface area contributed by atoms with Gasteiger partial charge in [0.15, 0.2) is 0 Å². The van der Waals surface area contributed by atoms with Crippen molar-refractivity contribution in [1.29, 1.82) is 0 Å². The van der Waals surface area contributed by atoms with Crippen LogP contribution in [0.1, 0.15) is 12.5 Å². The Balaban J connectivity index is 2.27. The Morgan fingerprint density at radius 2 is 2.07 bits per heavy atom. The molecule has 0 spiro atoms. The highest BCUT2D eigenvalue weighted by Gasteiger charge is 1.81. The quantitative estimate of drug-likeness (QED) is 0.400. The van der Waals surface area contributed by atoms with Crippen molar-refractivity contribution in [2.45, 2.75) is 6.92 Å². The lowest BCUT2D eigenvalue weighted by Crippen LogP contribution is -1.90. The fraction of sp³-hybridized carbons (Fsp3) is 0.231. The van der Waals surface area contributed by atoms with Gasteiger partial charge < -0.3 is 4.74 Å². The molecule has 14 heavy (non-hydrogen) atoms. The van der Waals surface area contributed by atoms with Crippen LogP contribution in [0, 0.1) is 11.8 Å². The molecule has 0 aliphatic heterocycles. The van der Waals surface area contributed by atoms with E-state index in [4.69, 9.17) is 4.74 Å². The number of hydrogen-bond acceptors (Lipinski definition) is 1. The van der Waals surface area contributed by atoms with Gasteiger partial charge in [-0.15, -0.1) is 0 Å². The van der Waals surface area contributed by atoms with Gasteiger partial charge in [-0.1, -0.05) is 42.2 Å². The van der Waals surface area contributed by atoms with Crippen molar-refractivity contribution in [2.24, 2.45) is 0 Å². The van der Waals surface area contributed by atoms with Crippen molar-refractivity contribution in [3.05, 3.63) is 48.0 Å². The van der Waals surface area contributed by atoms with Crippen molar-refractivity contribution in [3.63, 3.8) is 0 Å². The molecule has 0 saturated heterocycles. The molecule has 0 amide bonds. The number of rotatable bonds is 3. The third-order valence-electron chi connectivity index (χ3n) is 1.63. The van der Waals surface area contributed by atoms with Crippen LogP contribution in [0.5, 0.6) is 0 Å². The van der Waals surface area contributed by atoms with Gasteiger partial charge in [-0.3, -0.25) is 0 Å². The van der Waals surface area contributed by atoms with E-state index in [1.807, 2.05) is 49.4 Å². The number of hydrogen-bond donors (Lipinski definition) is 0. The van der Waals surface area contributed by atoms with Crippen LogP contribution in [0.2, 0.25) is 0 Å². The van der Waals surface area contributed by atoms with Gasteiger partial charge in [0.1, 0.15) is 6.61 Å². The second-order valence-electron chi connectivity index (χ2n) is 2.75. The predicted octanol–water partition coefficient (Wildman–Crippen LogP) is 2.63. The van der Waals surface area contributed by atoms with Gasteiger partial charge in [-0.05, 0) is 19.1 Å². The normalized spacial score (nSPS) is 9.79. The highest BCUT2D eigenvalue weighted by Crippen LogP contribution is 1.94. The fourth-order valence-electron chi connectivity index (χ4n) is 0.934. The molecule has 1 nitrogen and oxygen atoms in total. The molecule has 0 aromatic heterocycles. The van der Waals surface area contributed by atoms with E-state index in [0.717, 1.165) is 5.56 Å². The first-order valence-electron chi connectivity index (χ1n) is 4.66. The molecule has 0 saturated carbocycles. The Hall–Kier alpha value is -1.52. The summed E-state index contributed by atoms with van der Waals surface area (Å²) in [7, 11) is 0. The van der Waals surface area contributed by atoms with Crippen LogP contribution >= 0.6 is 0 Å². The molecule has 1 aromatic rings. The minimum absolute atomic E-state index is 0.485. The van der Waals surface area contributed by atoms with Crippen LogP contribution in [-0.4, -0.2) is 13.2 Å². The summed E-state index contributed by atoms with van der Waals surface area (Å²) in [4.78, 5) is 0. The van der Waals surface area contributed by atoms with Crippen LogP contribution in [0.4, 0.5) is 0 Å². The fourth-order valence-corrected chi connectivity index (χ4v) is 0.934. The second kappa shape index (κ2) is 6.94. The summed E-state index contributed by atoms with van der Waals surface area (Å²) in [6.07, 6.45) is 3.93. The van der Waals surface area contributed by atoms with Crippen LogP contribution in [0.3, 0.4) is 0 Å². The Bertz CT molecular complexity index is 327. The molecule has 0 heterocycles. The Morgan fingerprint density at radius 3 is 2.79 bits per heavy atom. The summed E-state index contributed by atoms with van der Waals surface area (Å²) < 4.78 is 5.24. The van der Waals surface area contributed by atoms with E-state index < -0.39 is 0 Å². The Morgan fingerprint density at radius 1 is 1.29 bits per heavy atom. The highest BCUT2D eigenvalue weighted by molar-refractivity contribution is 5.33. The lowest BCUT2D eigenvalue weighted by molar-refractivity contribution is 0.199. The van der Waals surface area contributed by atoms with Gasteiger partial charge in [0.05, 0.1) is 6.61 Å². The zero-order valence-electron chi connectivity index (χ0n) is 8.36. The average molecular weight is 186 g/mol. The third kappa shape index (κ3) is 4.49. The van der Waals surface area contributed by atoms with E-state index in [1.54, 1.807) is 0 Å². The first-order chi connectivity index (χ1) is 6.93. The maximum atomic E-state index is 5.24. The zero-order chi connectivity index (χ0) is 10.1. The molecule has 1 aromatic carbocycles. The maximum absolute atomic E-state index is 5.24. The minimum Gasteiger partial charge on any atom is -0.365 e. The average Bonchev–Trinajstić information content (AvgIpc) is 2.25. The van der Waals surface area contributed by atoms with E-state index in [0.29, 0.717) is 13.2 Å². The summed E-state index contributed by atoms with van der Waals surface area (Å²) >= 11 is 0. The predicted molar refractivity (Wildman–Crippen MR) is 59.0 cm³/mol. The van der Waals surface area contributed by atoms with Crippen LogP contribution in [0.15, 0.2) is 42.5 Å². The topological polar surface area (TPSA) is 9.23 Å². The van der Waals surface area contributed by atoms with Gasteiger partial charge >= 0.3 is 0 Å². The first-order valence-corrected chi connectivity index (χ1v) is 4.66. The standard InChI is InChI=1S/C13H14O/c1-2-3-11-14-12-7-10-13-8-5-4-6-9-13/h2-6,8-9H,11-12H2,1H3/b3-2+. The van der Waals surface area contributed by atoms with Crippen molar-refractivity contribution in [2.75, 3.05) is 13.2 Å². The third-order valence-corrected chi connectivity index (χ3v) is 1.63. The molecule has 1 heteroatoms. The van der Waals surface area contributed by atoms with Crippen molar-refractivity contribution >= 4 is 0 Å². The SMILES string of the molecule is C/C=C/COCC#Cc1ccccc1. The van der Waals surface area contributed by atoms with Gasteiger partial charge in [0.2, 0.25) is 0 Å². The number of allylic oxidation sites excluding steroid dienone is 1. The minimum atomic E-state index is 0.485. The molecule has 1 rings (SSSR count). The molecule has 72 valence electrons. The summed E-state index contributed by atoms with van der Waals surface area (Å²) in [6, 6.07) is 9.90. The summed E-state index contributed by atoms with van der Waals surface area (Å²) in [5.74, 6) is 5.98. The van der Waals surface area contributed by atoms with E-state index >= 15 is 0 Å². The Labute approximate surface area is 85.4 Å². The molecular formula is C13H14O. The van der Waals surface area contributed by atoms with Crippen LogP contribution < -0.4 is 0 Å². The monoisotopic (exact) mass is 186 g/mol. The molecule has 0 aliphatic rings. The largest absolute Gasteiger partial charge is 0.365 e.